The second kappa shape index (κ2) is 4.84. The molecule has 2 atom stereocenters. The molecule has 4 nitrogen and oxygen atoms in total. The zero-order chi connectivity index (χ0) is 10.6. The highest BCUT2D eigenvalue weighted by molar-refractivity contribution is 5.82. The van der Waals surface area contributed by atoms with Crippen molar-refractivity contribution < 1.29 is 14.7 Å². The van der Waals surface area contributed by atoms with Crippen LogP contribution in [0.25, 0.3) is 0 Å². The number of hydrogen-bond donors (Lipinski definition) is 2. The molecule has 0 aliphatic rings. The number of hydrogen-bond acceptors (Lipinski definition) is 2. The molecule has 1 amide bonds. The lowest BCUT2D eigenvalue weighted by molar-refractivity contribution is -0.143. The van der Waals surface area contributed by atoms with Gasteiger partial charge in [-0.05, 0) is 11.8 Å². The van der Waals surface area contributed by atoms with Gasteiger partial charge in [0.25, 0.3) is 0 Å². The van der Waals surface area contributed by atoms with E-state index in [1.807, 2.05) is 20.8 Å². The molecule has 13 heavy (non-hydrogen) atoms. The Morgan fingerprint density at radius 2 is 1.69 bits per heavy atom. The minimum atomic E-state index is -0.976. The standard InChI is InChI=1S/C9H17NO3/c1-5(2)6(3)8(9(12)13)10-7(4)11/h5-6,8H,1-4H3,(H,10,11)(H,12,13). The highest BCUT2D eigenvalue weighted by Crippen LogP contribution is 2.14. The van der Waals surface area contributed by atoms with Crippen LogP contribution in [0.5, 0.6) is 0 Å². The molecule has 0 aromatic heterocycles. The van der Waals surface area contributed by atoms with Crippen LogP contribution in [0.2, 0.25) is 0 Å². The number of aliphatic carboxylic acids is 1. The molecule has 0 spiro atoms. The Balaban J connectivity index is 4.41. The van der Waals surface area contributed by atoms with Gasteiger partial charge in [0.1, 0.15) is 6.04 Å². The summed E-state index contributed by atoms with van der Waals surface area (Å²) < 4.78 is 0. The molecule has 0 radical (unpaired) electrons. The van der Waals surface area contributed by atoms with Crippen LogP contribution in [0.3, 0.4) is 0 Å². The zero-order valence-corrected chi connectivity index (χ0v) is 8.50. The average Bonchev–Trinajstić information content (AvgIpc) is 1.97. The first kappa shape index (κ1) is 11.9. The van der Waals surface area contributed by atoms with Crippen molar-refractivity contribution >= 4 is 11.9 Å². The van der Waals surface area contributed by atoms with E-state index in [4.69, 9.17) is 5.11 Å². The molecule has 0 saturated heterocycles. The van der Waals surface area contributed by atoms with E-state index >= 15 is 0 Å². The van der Waals surface area contributed by atoms with E-state index in [-0.39, 0.29) is 17.7 Å². The molecule has 0 fully saturated rings. The molecule has 0 aromatic carbocycles. The number of nitrogens with one attached hydrogen (secondary N) is 1. The van der Waals surface area contributed by atoms with Gasteiger partial charge in [-0.15, -0.1) is 0 Å². The Kier molecular flexibility index (Phi) is 4.45. The summed E-state index contributed by atoms with van der Waals surface area (Å²) in [6, 6.07) is -0.780. The van der Waals surface area contributed by atoms with Crippen LogP contribution in [-0.4, -0.2) is 23.0 Å². The Morgan fingerprint density at radius 3 is 1.92 bits per heavy atom. The maximum atomic E-state index is 10.8. The van der Waals surface area contributed by atoms with Gasteiger partial charge in [-0.3, -0.25) is 4.79 Å². The van der Waals surface area contributed by atoms with Crippen LogP contribution < -0.4 is 5.32 Å². The Bertz CT molecular complexity index is 201. The monoisotopic (exact) mass is 187 g/mol. The van der Waals surface area contributed by atoms with Gasteiger partial charge in [0.15, 0.2) is 0 Å². The van der Waals surface area contributed by atoms with Crippen LogP contribution in [0.4, 0.5) is 0 Å². The molecule has 0 aliphatic heterocycles. The fourth-order valence-corrected chi connectivity index (χ4v) is 1.02. The molecular weight excluding hydrogens is 170 g/mol. The number of amides is 1. The summed E-state index contributed by atoms with van der Waals surface area (Å²) in [7, 11) is 0. The normalized spacial score (nSPS) is 15.2. The Morgan fingerprint density at radius 1 is 1.23 bits per heavy atom. The van der Waals surface area contributed by atoms with Crippen LogP contribution in [0.15, 0.2) is 0 Å². The lowest BCUT2D eigenvalue weighted by atomic mass is 9.90. The Hall–Kier alpha value is -1.06. The highest BCUT2D eigenvalue weighted by Gasteiger charge is 2.27. The van der Waals surface area contributed by atoms with Gasteiger partial charge in [-0.25, -0.2) is 4.79 Å². The van der Waals surface area contributed by atoms with E-state index in [2.05, 4.69) is 5.32 Å². The van der Waals surface area contributed by atoms with E-state index in [0.717, 1.165) is 0 Å². The van der Waals surface area contributed by atoms with E-state index < -0.39 is 12.0 Å². The number of carbonyl (C=O) groups is 2. The molecule has 2 N–H and O–H groups in total. The third-order valence-corrected chi connectivity index (χ3v) is 2.20. The van der Waals surface area contributed by atoms with Gasteiger partial charge in [0, 0.05) is 6.92 Å². The van der Waals surface area contributed by atoms with Crippen molar-refractivity contribution in [1.29, 1.82) is 0 Å². The lowest BCUT2D eigenvalue weighted by Gasteiger charge is -2.23. The first-order valence-corrected chi connectivity index (χ1v) is 4.36. The highest BCUT2D eigenvalue weighted by atomic mass is 16.4. The summed E-state index contributed by atoms with van der Waals surface area (Å²) in [6.07, 6.45) is 0. The fraction of sp³-hybridized carbons (Fsp3) is 0.778. The SMILES string of the molecule is CC(=O)NC(C(=O)O)C(C)C(C)C. The maximum Gasteiger partial charge on any atom is 0.326 e. The molecule has 0 bridgehead atoms. The van der Waals surface area contributed by atoms with Crippen molar-refractivity contribution in [2.45, 2.75) is 33.7 Å². The summed E-state index contributed by atoms with van der Waals surface area (Å²) >= 11 is 0. The van der Waals surface area contributed by atoms with E-state index in [9.17, 15) is 9.59 Å². The number of rotatable bonds is 4. The van der Waals surface area contributed by atoms with Gasteiger partial charge in [-0.2, -0.15) is 0 Å². The minimum absolute atomic E-state index is 0.0681. The van der Waals surface area contributed by atoms with Crippen molar-refractivity contribution in [3.8, 4) is 0 Å². The minimum Gasteiger partial charge on any atom is -0.480 e. The molecule has 0 rings (SSSR count). The van der Waals surface area contributed by atoms with Crippen molar-refractivity contribution in [2.24, 2.45) is 11.8 Å². The smallest absolute Gasteiger partial charge is 0.326 e. The van der Waals surface area contributed by atoms with E-state index in [1.165, 1.54) is 6.92 Å². The fourth-order valence-electron chi connectivity index (χ4n) is 1.02. The van der Waals surface area contributed by atoms with Crippen LogP contribution in [0.1, 0.15) is 27.7 Å². The van der Waals surface area contributed by atoms with Crippen LogP contribution in [0, 0.1) is 11.8 Å². The predicted octanol–water partition coefficient (Wildman–Crippen LogP) is 0.868. The van der Waals surface area contributed by atoms with Crippen LogP contribution >= 0.6 is 0 Å². The van der Waals surface area contributed by atoms with Crippen molar-refractivity contribution in [1.82, 2.24) is 5.32 Å². The van der Waals surface area contributed by atoms with Gasteiger partial charge in [0.05, 0.1) is 0 Å². The van der Waals surface area contributed by atoms with Crippen LogP contribution in [-0.2, 0) is 9.59 Å². The van der Waals surface area contributed by atoms with Gasteiger partial charge >= 0.3 is 5.97 Å². The van der Waals surface area contributed by atoms with Gasteiger partial charge < -0.3 is 10.4 Å². The summed E-state index contributed by atoms with van der Waals surface area (Å²) in [6.45, 7) is 7.01. The topological polar surface area (TPSA) is 66.4 Å². The molecule has 76 valence electrons. The zero-order valence-electron chi connectivity index (χ0n) is 8.50. The molecule has 2 unspecified atom stereocenters. The second-order valence-corrected chi connectivity index (χ2v) is 3.62. The predicted molar refractivity (Wildman–Crippen MR) is 49.2 cm³/mol. The Labute approximate surface area is 78.3 Å². The first-order valence-electron chi connectivity index (χ1n) is 4.36. The van der Waals surface area contributed by atoms with Crippen molar-refractivity contribution in [3.05, 3.63) is 0 Å². The second-order valence-electron chi connectivity index (χ2n) is 3.62. The van der Waals surface area contributed by atoms with Gasteiger partial charge in [0.2, 0.25) is 5.91 Å². The molecule has 0 aliphatic carbocycles. The average molecular weight is 187 g/mol. The number of carbonyl (C=O) groups excluding carboxylic acids is 1. The summed E-state index contributed by atoms with van der Waals surface area (Å²) in [4.78, 5) is 21.5. The van der Waals surface area contributed by atoms with E-state index in [0.29, 0.717) is 0 Å². The molecule has 0 aromatic rings. The molecule has 0 heterocycles. The number of carboxylic acid groups (broad SMARTS) is 1. The van der Waals surface area contributed by atoms with Crippen molar-refractivity contribution in [3.63, 3.8) is 0 Å². The quantitative estimate of drug-likeness (QED) is 0.686. The third kappa shape index (κ3) is 3.92. The molecule has 0 saturated carbocycles. The summed E-state index contributed by atoms with van der Waals surface area (Å²) in [5.41, 5.74) is 0. The number of carboxylic acids is 1. The largest absolute Gasteiger partial charge is 0.480 e. The van der Waals surface area contributed by atoms with Crippen molar-refractivity contribution in [2.75, 3.05) is 0 Å². The summed E-state index contributed by atoms with van der Waals surface area (Å²) in [5, 5.41) is 11.2. The first-order chi connectivity index (χ1) is 5.86. The summed E-state index contributed by atoms with van der Waals surface area (Å²) in [5.74, 6) is -1.12. The maximum absolute atomic E-state index is 10.8. The lowest BCUT2D eigenvalue weighted by Crippen LogP contribution is -2.45. The third-order valence-electron chi connectivity index (χ3n) is 2.20. The van der Waals surface area contributed by atoms with E-state index in [1.54, 1.807) is 0 Å². The molecule has 4 heteroatoms. The molecular formula is C9H17NO3. The van der Waals surface area contributed by atoms with Gasteiger partial charge in [-0.1, -0.05) is 20.8 Å².